The number of nitrogens with zero attached hydrogens (tertiary/aromatic N) is 1. The van der Waals surface area contributed by atoms with E-state index in [0.29, 0.717) is 28.8 Å². The molecule has 0 radical (unpaired) electrons. The summed E-state index contributed by atoms with van der Waals surface area (Å²) in [5, 5.41) is 3.19. The number of anilines is 1. The Morgan fingerprint density at radius 1 is 1.29 bits per heavy atom. The molecule has 21 heavy (non-hydrogen) atoms. The quantitative estimate of drug-likeness (QED) is 0.919. The molecule has 2 rings (SSSR count). The molecule has 0 saturated heterocycles. The van der Waals surface area contributed by atoms with Gasteiger partial charge in [0, 0.05) is 23.0 Å². The number of hydrogen-bond donors (Lipinski definition) is 1. The van der Waals surface area contributed by atoms with Crippen LogP contribution in [-0.2, 0) is 0 Å². The first-order valence-corrected chi connectivity index (χ1v) is 6.75. The predicted octanol–water partition coefficient (Wildman–Crippen LogP) is 3.39. The highest BCUT2D eigenvalue weighted by molar-refractivity contribution is 6.30. The summed E-state index contributed by atoms with van der Waals surface area (Å²) in [5.74, 6) is 0.830. The molecular formula is C15H15ClN2O3. The van der Waals surface area contributed by atoms with E-state index in [0.717, 1.165) is 0 Å². The van der Waals surface area contributed by atoms with E-state index in [9.17, 15) is 4.79 Å². The number of pyridine rings is 1. The largest absolute Gasteiger partial charge is 0.493 e. The van der Waals surface area contributed by atoms with Crippen LogP contribution < -0.4 is 14.8 Å². The van der Waals surface area contributed by atoms with Gasteiger partial charge in [0.05, 0.1) is 13.7 Å². The number of amides is 1. The van der Waals surface area contributed by atoms with Gasteiger partial charge in [0.1, 0.15) is 5.69 Å². The van der Waals surface area contributed by atoms with Gasteiger partial charge < -0.3 is 14.8 Å². The lowest BCUT2D eigenvalue weighted by molar-refractivity contribution is 0.102. The van der Waals surface area contributed by atoms with E-state index in [1.54, 1.807) is 31.4 Å². The van der Waals surface area contributed by atoms with Crippen LogP contribution in [0.2, 0.25) is 5.02 Å². The zero-order valence-corrected chi connectivity index (χ0v) is 12.5. The van der Waals surface area contributed by atoms with Gasteiger partial charge in [0.25, 0.3) is 5.91 Å². The normalized spacial score (nSPS) is 10.0. The van der Waals surface area contributed by atoms with Crippen molar-refractivity contribution in [3.8, 4) is 11.5 Å². The molecule has 0 saturated carbocycles. The molecule has 0 unspecified atom stereocenters. The maximum Gasteiger partial charge on any atom is 0.274 e. The molecule has 0 aliphatic carbocycles. The minimum absolute atomic E-state index is 0.246. The van der Waals surface area contributed by atoms with Gasteiger partial charge in [0.15, 0.2) is 11.5 Å². The third-order valence-electron chi connectivity index (χ3n) is 2.68. The molecule has 0 fully saturated rings. The second kappa shape index (κ2) is 6.95. The smallest absolute Gasteiger partial charge is 0.274 e. The van der Waals surface area contributed by atoms with Gasteiger partial charge in [0.2, 0.25) is 0 Å². The number of methoxy groups -OCH3 is 1. The molecule has 0 spiro atoms. The van der Waals surface area contributed by atoms with Gasteiger partial charge in [-0.15, -0.1) is 0 Å². The molecule has 1 amide bonds. The fraction of sp³-hybridized carbons (Fsp3) is 0.200. The summed E-state index contributed by atoms with van der Waals surface area (Å²) in [4.78, 5) is 16.0. The van der Waals surface area contributed by atoms with E-state index in [1.807, 2.05) is 6.92 Å². The van der Waals surface area contributed by atoms with E-state index in [4.69, 9.17) is 21.1 Å². The number of carbonyl (C=O) groups is 1. The Bertz CT molecular complexity index is 647. The maximum absolute atomic E-state index is 12.1. The van der Waals surface area contributed by atoms with Crippen LogP contribution in [0.15, 0.2) is 36.5 Å². The summed E-state index contributed by atoms with van der Waals surface area (Å²) in [5.41, 5.74) is 0.831. The number of carbonyl (C=O) groups excluding carboxylic acids is 1. The van der Waals surface area contributed by atoms with Gasteiger partial charge >= 0.3 is 0 Å². The summed E-state index contributed by atoms with van der Waals surface area (Å²) in [6.07, 6.45) is 1.48. The monoisotopic (exact) mass is 306 g/mol. The van der Waals surface area contributed by atoms with Crippen molar-refractivity contribution < 1.29 is 14.3 Å². The first-order valence-electron chi connectivity index (χ1n) is 6.37. The zero-order valence-electron chi connectivity index (χ0n) is 11.7. The molecule has 1 aromatic carbocycles. The Labute approximate surface area is 127 Å². The molecule has 0 aliphatic heterocycles. The molecule has 0 aliphatic rings. The Morgan fingerprint density at radius 2 is 2.10 bits per heavy atom. The third-order valence-corrected chi connectivity index (χ3v) is 2.91. The van der Waals surface area contributed by atoms with Crippen LogP contribution >= 0.6 is 11.6 Å². The number of halogens is 1. The molecular weight excluding hydrogens is 292 g/mol. The number of ether oxygens (including phenoxy) is 2. The summed E-state index contributed by atoms with van der Waals surface area (Å²) < 4.78 is 10.7. The minimum Gasteiger partial charge on any atom is -0.493 e. The highest BCUT2D eigenvalue weighted by atomic mass is 35.5. The van der Waals surface area contributed by atoms with Crippen molar-refractivity contribution in [1.82, 2.24) is 4.98 Å². The van der Waals surface area contributed by atoms with Crippen molar-refractivity contribution in [1.29, 1.82) is 0 Å². The lowest BCUT2D eigenvalue weighted by Gasteiger charge is -2.11. The lowest BCUT2D eigenvalue weighted by atomic mass is 10.2. The summed E-state index contributed by atoms with van der Waals surface area (Å²) >= 11 is 5.84. The third kappa shape index (κ3) is 3.86. The van der Waals surface area contributed by atoms with E-state index < -0.39 is 0 Å². The molecule has 0 atom stereocenters. The van der Waals surface area contributed by atoms with E-state index in [1.165, 1.54) is 12.3 Å². The molecule has 1 aromatic heterocycles. The first kappa shape index (κ1) is 15.1. The molecule has 5 nitrogen and oxygen atoms in total. The molecule has 0 bridgehead atoms. The SMILES string of the molecule is CCOc1ccc(NC(=O)c2cc(Cl)ccn2)cc1OC. The summed E-state index contributed by atoms with van der Waals surface area (Å²) in [6, 6.07) is 8.27. The number of rotatable bonds is 5. The Hall–Kier alpha value is -2.27. The van der Waals surface area contributed by atoms with Gasteiger partial charge in [-0.05, 0) is 31.2 Å². The fourth-order valence-electron chi connectivity index (χ4n) is 1.74. The van der Waals surface area contributed by atoms with Crippen LogP contribution in [0.3, 0.4) is 0 Å². The van der Waals surface area contributed by atoms with Crippen molar-refractivity contribution in [2.75, 3.05) is 19.0 Å². The van der Waals surface area contributed by atoms with Crippen LogP contribution in [0, 0.1) is 0 Å². The Morgan fingerprint density at radius 3 is 2.76 bits per heavy atom. The van der Waals surface area contributed by atoms with Crippen molar-refractivity contribution in [2.24, 2.45) is 0 Å². The highest BCUT2D eigenvalue weighted by Gasteiger charge is 2.10. The second-order valence-electron chi connectivity index (χ2n) is 4.11. The standard InChI is InChI=1S/C15H15ClN2O3/c1-3-21-13-5-4-11(9-14(13)20-2)18-15(19)12-8-10(16)6-7-17-12/h4-9H,3H2,1-2H3,(H,18,19). The van der Waals surface area contributed by atoms with Crippen LogP contribution in [0.1, 0.15) is 17.4 Å². The first-order chi connectivity index (χ1) is 10.1. The van der Waals surface area contributed by atoms with Crippen LogP contribution in [-0.4, -0.2) is 24.6 Å². The molecule has 110 valence electrons. The van der Waals surface area contributed by atoms with Crippen LogP contribution in [0.5, 0.6) is 11.5 Å². The summed E-state index contributed by atoms with van der Waals surface area (Å²) in [6.45, 7) is 2.43. The molecule has 1 heterocycles. The Balaban J connectivity index is 2.17. The van der Waals surface area contributed by atoms with E-state index >= 15 is 0 Å². The zero-order chi connectivity index (χ0) is 15.2. The number of nitrogens with one attached hydrogen (secondary N) is 1. The molecule has 6 heteroatoms. The van der Waals surface area contributed by atoms with Gasteiger partial charge in [-0.2, -0.15) is 0 Å². The van der Waals surface area contributed by atoms with Crippen LogP contribution in [0.25, 0.3) is 0 Å². The number of benzene rings is 1. The maximum atomic E-state index is 12.1. The molecule has 1 N–H and O–H groups in total. The average molecular weight is 307 g/mol. The van der Waals surface area contributed by atoms with Crippen molar-refractivity contribution in [2.45, 2.75) is 6.92 Å². The van der Waals surface area contributed by atoms with Gasteiger partial charge in [-0.3, -0.25) is 9.78 Å². The van der Waals surface area contributed by atoms with Gasteiger partial charge in [-0.25, -0.2) is 0 Å². The molecule has 2 aromatic rings. The highest BCUT2D eigenvalue weighted by Crippen LogP contribution is 2.30. The number of aromatic nitrogens is 1. The Kier molecular flexibility index (Phi) is 5.00. The van der Waals surface area contributed by atoms with Crippen molar-refractivity contribution >= 4 is 23.2 Å². The van der Waals surface area contributed by atoms with E-state index in [-0.39, 0.29) is 11.6 Å². The van der Waals surface area contributed by atoms with Crippen molar-refractivity contribution in [3.63, 3.8) is 0 Å². The van der Waals surface area contributed by atoms with E-state index in [2.05, 4.69) is 10.3 Å². The average Bonchev–Trinajstić information content (AvgIpc) is 2.49. The fourth-order valence-corrected chi connectivity index (χ4v) is 1.90. The topological polar surface area (TPSA) is 60.5 Å². The predicted molar refractivity (Wildman–Crippen MR) is 81.4 cm³/mol. The van der Waals surface area contributed by atoms with Crippen molar-refractivity contribution in [3.05, 3.63) is 47.2 Å². The second-order valence-corrected chi connectivity index (χ2v) is 4.55. The summed E-state index contributed by atoms with van der Waals surface area (Å²) in [7, 11) is 1.54. The van der Waals surface area contributed by atoms with Gasteiger partial charge in [-0.1, -0.05) is 11.6 Å². The number of hydrogen-bond acceptors (Lipinski definition) is 4. The van der Waals surface area contributed by atoms with Crippen LogP contribution in [0.4, 0.5) is 5.69 Å². The lowest BCUT2D eigenvalue weighted by Crippen LogP contribution is -2.13. The minimum atomic E-state index is -0.344.